The summed E-state index contributed by atoms with van der Waals surface area (Å²) in [5, 5.41) is 3.71. The quantitative estimate of drug-likeness (QED) is 0.914. The molecular weight excluding hydrogens is 265 g/mol. The molecule has 0 saturated heterocycles. The zero-order valence-electron chi connectivity index (χ0n) is 11.2. The Kier molecular flexibility index (Phi) is 6.15. The second-order valence-electron chi connectivity index (χ2n) is 4.45. The molecule has 104 valence electrons. The predicted molar refractivity (Wildman–Crippen MR) is 79.2 cm³/mol. The number of nitrogens with one attached hydrogen (secondary N) is 1. The largest absolute Gasteiger partial charge is 0.318 e. The molecule has 0 spiro atoms. The molecule has 0 saturated carbocycles. The van der Waals surface area contributed by atoms with Crippen molar-refractivity contribution in [1.82, 2.24) is 15.2 Å². The van der Waals surface area contributed by atoms with Crippen LogP contribution in [0, 0.1) is 5.82 Å². The van der Waals surface area contributed by atoms with Gasteiger partial charge >= 0.3 is 0 Å². The topological polar surface area (TPSA) is 28.2 Å². The first-order valence-electron chi connectivity index (χ1n) is 6.07. The van der Waals surface area contributed by atoms with Crippen LogP contribution in [0.1, 0.15) is 5.56 Å². The maximum Gasteiger partial charge on any atom is 0.132 e. The van der Waals surface area contributed by atoms with Crippen molar-refractivity contribution in [3.8, 4) is 0 Å². The van der Waals surface area contributed by atoms with E-state index < -0.39 is 0 Å². The van der Waals surface area contributed by atoms with Crippen molar-refractivity contribution in [1.29, 1.82) is 0 Å². The van der Waals surface area contributed by atoms with E-state index in [-0.39, 0.29) is 18.2 Å². The van der Waals surface area contributed by atoms with Gasteiger partial charge in [0, 0.05) is 31.2 Å². The Balaban J connectivity index is 0.00000180. The molecule has 0 amide bonds. The van der Waals surface area contributed by atoms with E-state index in [0.717, 1.165) is 30.7 Å². The summed E-state index contributed by atoms with van der Waals surface area (Å²) in [4.78, 5) is 6.49. The maximum absolute atomic E-state index is 13.6. The molecule has 1 aromatic carbocycles. The van der Waals surface area contributed by atoms with Crippen LogP contribution in [0.3, 0.4) is 0 Å². The van der Waals surface area contributed by atoms with E-state index in [2.05, 4.69) is 22.2 Å². The van der Waals surface area contributed by atoms with Crippen LogP contribution in [-0.2, 0) is 6.54 Å². The molecule has 0 radical (unpaired) electrons. The number of pyridine rings is 1. The van der Waals surface area contributed by atoms with E-state index in [9.17, 15) is 4.39 Å². The number of fused-ring (bicyclic) bond motifs is 1. The molecule has 0 bridgehead atoms. The van der Waals surface area contributed by atoms with Crippen molar-refractivity contribution in [2.24, 2.45) is 0 Å². The first kappa shape index (κ1) is 15.8. The summed E-state index contributed by atoms with van der Waals surface area (Å²) in [7, 11) is 3.98. The minimum Gasteiger partial charge on any atom is -0.318 e. The lowest BCUT2D eigenvalue weighted by Gasteiger charge is -2.17. The summed E-state index contributed by atoms with van der Waals surface area (Å²) in [6.07, 6.45) is 1.71. The Labute approximate surface area is 119 Å². The molecule has 1 N–H and O–H groups in total. The fraction of sp³-hybridized carbons (Fsp3) is 0.357. The van der Waals surface area contributed by atoms with Gasteiger partial charge in [0.2, 0.25) is 0 Å². The third kappa shape index (κ3) is 3.86. The zero-order chi connectivity index (χ0) is 13.0. The minimum atomic E-state index is -0.209. The second-order valence-corrected chi connectivity index (χ2v) is 4.45. The molecule has 2 rings (SSSR count). The van der Waals surface area contributed by atoms with Gasteiger partial charge in [-0.05, 0) is 37.9 Å². The first-order chi connectivity index (χ1) is 8.72. The summed E-state index contributed by atoms with van der Waals surface area (Å²) in [5.41, 5.74) is 1.82. The van der Waals surface area contributed by atoms with Crippen molar-refractivity contribution in [2.45, 2.75) is 6.54 Å². The predicted octanol–water partition coefficient (Wildman–Crippen LogP) is 2.45. The Morgan fingerprint density at radius 1 is 1.32 bits per heavy atom. The zero-order valence-corrected chi connectivity index (χ0v) is 12.0. The van der Waals surface area contributed by atoms with Crippen molar-refractivity contribution in [2.75, 3.05) is 27.2 Å². The summed E-state index contributed by atoms with van der Waals surface area (Å²) < 4.78 is 13.6. The molecule has 2 aromatic rings. The van der Waals surface area contributed by atoms with E-state index in [1.807, 2.05) is 13.1 Å². The number of aromatic nitrogens is 1. The second kappa shape index (κ2) is 7.38. The molecule has 5 heteroatoms. The Morgan fingerprint density at radius 3 is 2.84 bits per heavy atom. The van der Waals surface area contributed by atoms with Crippen LogP contribution in [-0.4, -0.2) is 37.1 Å². The standard InChI is InChI=1S/C14H18FN3.ClH/c1-16-8-9-18(2)10-11-5-6-13(15)12-4-3-7-17-14(11)12;/h3-7,16H,8-10H2,1-2H3;1H. The molecule has 19 heavy (non-hydrogen) atoms. The average molecular weight is 284 g/mol. The Bertz CT molecular complexity index is 533. The average Bonchev–Trinajstić information content (AvgIpc) is 2.40. The molecule has 0 fully saturated rings. The van der Waals surface area contributed by atoms with E-state index >= 15 is 0 Å². The highest BCUT2D eigenvalue weighted by molar-refractivity contribution is 5.85. The van der Waals surface area contributed by atoms with Gasteiger partial charge in [-0.25, -0.2) is 4.39 Å². The molecule has 0 unspecified atom stereocenters. The number of nitrogens with zero attached hydrogens (tertiary/aromatic N) is 2. The van der Waals surface area contributed by atoms with E-state index in [1.54, 1.807) is 18.3 Å². The number of halogens is 2. The van der Waals surface area contributed by atoms with Gasteiger partial charge < -0.3 is 10.2 Å². The number of likely N-dealkylation sites (N-methyl/N-ethyl adjacent to an activating group) is 2. The maximum atomic E-state index is 13.6. The van der Waals surface area contributed by atoms with E-state index in [4.69, 9.17) is 0 Å². The number of hydrogen-bond donors (Lipinski definition) is 1. The van der Waals surface area contributed by atoms with Crippen LogP contribution in [0.25, 0.3) is 10.9 Å². The highest BCUT2D eigenvalue weighted by atomic mass is 35.5. The van der Waals surface area contributed by atoms with Gasteiger partial charge in [0.15, 0.2) is 0 Å². The van der Waals surface area contributed by atoms with Crippen molar-refractivity contribution < 1.29 is 4.39 Å². The normalized spacial score (nSPS) is 10.7. The minimum absolute atomic E-state index is 0. The van der Waals surface area contributed by atoms with Crippen LogP contribution in [0.4, 0.5) is 4.39 Å². The van der Waals surface area contributed by atoms with Gasteiger partial charge in [-0.3, -0.25) is 4.98 Å². The van der Waals surface area contributed by atoms with Crippen molar-refractivity contribution in [3.05, 3.63) is 41.8 Å². The highest BCUT2D eigenvalue weighted by Gasteiger charge is 2.08. The number of rotatable bonds is 5. The Hall–Kier alpha value is -1.23. The smallest absolute Gasteiger partial charge is 0.132 e. The third-order valence-electron chi connectivity index (χ3n) is 2.98. The van der Waals surface area contributed by atoms with Gasteiger partial charge in [-0.1, -0.05) is 6.07 Å². The fourth-order valence-electron chi connectivity index (χ4n) is 2.00. The molecule has 3 nitrogen and oxygen atoms in total. The van der Waals surface area contributed by atoms with Gasteiger partial charge in [0.1, 0.15) is 5.82 Å². The van der Waals surface area contributed by atoms with E-state index in [0.29, 0.717) is 5.39 Å². The molecule has 1 aromatic heterocycles. The lowest BCUT2D eigenvalue weighted by molar-refractivity contribution is 0.329. The molecule has 1 heterocycles. The third-order valence-corrected chi connectivity index (χ3v) is 2.98. The molecular formula is C14H19ClFN3. The van der Waals surface area contributed by atoms with Crippen LogP contribution >= 0.6 is 12.4 Å². The number of benzene rings is 1. The summed E-state index contributed by atoms with van der Waals surface area (Å²) in [6, 6.07) is 6.88. The SMILES string of the molecule is CNCCN(C)Cc1ccc(F)c2cccnc12.Cl. The van der Waals surface area contributed by atoms with Gasteiger partial charge in [-0.15, -0.1) is 12.4 Å². The summed E-state index contributed by atoms with van der Waals surface area (Å²) in [5.74, 6) is -0.209. The van der Waals surface area contributed by atoms with Gasteiger partial charge in [-0.2, -0.15) is 0 Å². The fourth-order valence-corrected chi connectivity index (χ4v) is 2.00. The van der Waals surface area contributed by atoms with Gasteiger partial charge in [0.05, 0.1) is 5.52 Å². The molecule has 0 atom stereocenters. The molecule has 0 aliphatic carbocycles. The monoisotopic (exact) mass is 283 g/mol. The highest BCUT2D eigenvalue weighted by Crippen LogP contribution is 2.20. The lowest BCUT2D eigenvalue weighted by Crippen LogP contribution is -2.27. The van der Waals surface area contributed by atoms with Gasteiger partial charge in [0.25, 0.3) is 0 Å². The molecule has 0 aliphatic heterocycles. The lowest BCUT2D eigenvalue weighted by atomic mass is 10.1. The summed E-state index contributed by atoms with van der Waals surface area (Å²) >= 11 is 0. The molecule has 0 aliphatic rings. The van der Waals surface area contributed by atoms with Crippen LogP contribution in [0.5, 0.6) is 0 Å². The van der Waals surface area contributed by atoms with Crippen LogP contribution in [0.2, 0.25) is 0 Å². The van der Waals surface area contributed by atoms with Crippen molar-refractivity contribution in [3.63, 3.8) is 0 Å². The van der Waals surface area contributed by atoms with Crippen molar-refractivity contribution >= 4 is 23.3 Å². The summed E-state index contributed by atoms with van der Waals surface area (Å²) in [6.45, 7) is 2.65. The van der Waals surface area contributed by atoms with E-state index in [1.165, 1.54) is 6.07 Å². The number of hydrogen-bond acceptors (Lipinski definition) is 3. The first-order valence-corrected chi connectivity index (χ1v) is 6.07. The van der Waals surface area contributed by atoms with Crippen LogP contribution < -0.4 is 5.32 Å². The van der Waals surface area contributed by atoms with Crippen LogP contribution in [0.15, 0.2) is 30.5 Å². The Morgan fingerprint density at radius 2 is 2.11 bits per heavy atom.